The van der Waals surface area contributed by atoms with Gasteiger partial charge in [0.05, 0.1) is 21.9 Å². The van der Waals surface area contributed by atoms with Gasteiger partial charge in [-0.25, -0.2) is 0 Å². The molecule has 1 aliphatic carbocycles. The van der Waals surface area contributed by atoms with E-state index in [4.69, 9.17) is 4.42 Å². The van der Waals surface area contributed by atoms with Gasteiger partial charge in [-0.3, -0.25) is 9.78 Å². The first kappa shape index (κ1) is 12.6. The van der Waals surface area contributed by atoms with Crippen LogP contribution in [0, 0.1) is 0 Å². The number of pyridine rings is 1. The van der Waals surface area contributed by atoms with Gasteiger partial charge < -0.3 is 9.73 Å². The number of fused-ring (bicyclic) bond motifs is 2. The number of nitrogens with one attached hydrogen (secondary N) is 1. The van der Waals surface area contributed by atoms with E-state index in [1.807, 2.05) is 24.4 Å². The second kappa shape index (κ2) is 5.00. The van der Waals surface area contributed by atoms with Gasteiger partial charge in [-0.1, -0.05) is 0 Å². The van der Waals surface area contributed by atoms with Crippen molar-refractivity contribution in [2.45, 2.75) is 25.3 Å². The van der Waals surface area contributed by atoms with Crippen LogP contribution in [0.4, 0.5) is 0 Å². The lowest BCUT2D eigenvalue weighted by Gasteiger charge is -2.25. The molecule has 1 N–H and O–H groups in total. The molecule has 0 saturated carbocycles. The van der Waals surface area contributed by atoms with Gasteiger partial charge >= 0.3 is 0 Å². The highest BCUT2D eigenvalue weighted by Crippen LogP contribution is 2.31. The third kappa shape index (κ3) is 2.23. The van der Waals surface area contributed by atoms with Gasteiger partial charge in [-0.15, -0.1) is 11.3 Å². The number of nitrogens with zero attached hydrogens (tertiary/aromatic N) is 1. The summed E-state index contributed by atoms with van der Waals surface area (Å²) in [5.74, 6) is -0.0268. The van der Waals surface area contributed by atoms with E-state index in [-0.39, 0.29) is 11.9 Å². The number of furan rings is 1. The molecule has 0 spiro atoms. The van der Waals surface area contributed by atoms with E-state index in [1.54, 1.807) is 12.5 Å². The predicted octanol–water partition coefficient (Wildman–Crippen LogP) is 3.70. The second-order valence-corrected chi connectivity index (χ2v) is 6.34. The quantitative estimate of drug-likeness (QED) is 0.785. The molecule has 0 radical (unpaired) electrons. The number of aryl methyl sites for hydroxylation is 1. The third-order valence-electron chi connectivity index (χ3n) is 3.92. The molecule has 1 unspecified atom stereocenters. The van der Waals surface area contributed by atoms with Crippen molar-refractivity contribution in [3.63, 3.8) is 0 Å². The molecule has 5 heteroatoms. The topological polar surface area (TPSA) is 55.1 Å². The molecule has 0 aliphatic heterocycles. The molecule has 3 aromatic rings. The number of thiophene rings is 1. The zero-order chi connectivity index (χ0) is 14.2. The summed E-state index contributed by atoms with van der Waals surface area (Å²) in [6.07, 6.45) is 8.45. The summed E-state index contributed by atoms with van der Waals surface area (Å²) in [6.45, 7) is 0. The van der Waals surface area contributed by atoms with E-state index >= 15 is 0 Å². The fourth-order valence-electron chi connectivity index (χ4n) is 2.90. The van der Waals surface area contributed by atoms with Crippen molar-refractivity contribution >= 4 is 27.5 Å². The highest BCUT2D eigenvalue weighted by Gasteiger charge is 2.23. The van der Waals surface area contributed by atoms with Crippen molar-refractivity contribution in [1.29, 1.82) is 0 Å². The smallest absolute Gasteiger partial charge is 0.261 e. The minimum atomic E-state index is -0.0268. The summed E-state index contributed by atoms with van der Waals surface area (Å²) in [5.41, 5.74) is 3.22. The Morgan fingerprint density at radius 1 is 1.43 bits per heavy atom. The Labute approximate surface area is 125 Å². The van der Waals surface area contributed by atoms with E-state index < -0.39 is 0 Å². The first-order chi connectivity index (χ1) is 10.3. The van der Waals surface area contributed by atoms with Crippen LogP contribution in [0.1, 0.15) is 39.7 Å². The number of amides is 1. The molecule has 1 aliphatic rings. The average Bonchev–Trinajstić information content (AvgIpc) is 3.09. The monoisotopic (exact) mass is 298 g/mol. The number of hydrogen-bond acceptors (Lipinski definition) is 4. The number of carbonyl (C=O) groups is 1. The highest BCUT2D eigenvalue weighted by molar-refractivity contribution is 7.20. The Morgan fingerprint density at radius 2 is 2.38 bits per heavy atom. The largest absolute Gasteiger partial charge is 0.463 e. The normalized spacial score (nSPS) is 17.6. The third-order valence-corrected chi connectivity index (χ3v) is 5.00. The van der Waals surface area contributed by atoms with Crippen LogP contribution in [0.15, 0.2) is 41.3 Å². The highest BCUT2D eigenvalue weighted by atomic mass is 32.1. The maximum absolute atomic E-state index is 12.4. The maximum atomic E-state index is 12.4. The van der Waals surface area contributed by atoms with Crippen LogP contribution in [-0.4, -0.2) is 10.9 Å². The summed E-state index contributed by atoms with van der Waals surface area (Å²) in [7, 11) is 0. The molecule has 1 atom stereocenters. The number of carbonyl (C=O) groups excluding carboxylic acids is 1. The standard InChI is InChI=1S/C16H14N2O2S/c19-16(15-8-13-14(21-15)5-7-20-13)18-12-3-1-2-10-9-17-6-4-11(10)12/h4-9,12H,1-3H2,(H,18,19). The fourth-order valence-corrected chi connectivity index (χ4v) is 3.78. The Hall–Kier alpha value is -2.14. The average molecular weight is 298 g/mol. The van der Waals surface area contributed by atoms with Gasteiger partial charge in [0.15, 0.2) is 0 Å². The minimum Gasteiger partial charge on any atom is -0.463 e. The fraction of sp³-hybridized carbons (Fsp3) is 0.250. The molecule has 3 heterocycles. The van der Waals surface area contributed by atoms with Crippen LogP contribution < -0.4 is 5.32 Å². The molecule has 4 rings (SSSR count). The van der Waals surface area contributed by atoms with Gasteiger partial charge in [0.1, 0.15) is 5.58 Å². The van der Waals surface area contributed by atoms with E-state index in [0.29, 0.717) is 4.88 Å². The zero-order valence-corrected chi connectivity index (χ0v) is 12.2. The van der Waals surface area contributed by atoms with Crippen molar-refractivity contribution in [2.75, 3.05) is 0 Å². The van der Waals surface area contributed by atoms with Crippen molar-refractivity contribution in [2.24, 2.45) is 0 Å². The number of hydrogen-bond donors (Lipinski definition) is 1. The molecular weight excluding hydrogens is 284 g/mol. The SMILES string of the molecule is O=C(NC1CCCc2cnccc21)c1cc2occc2s1. The molecular formula is C16H14N2O2S. The Morgan fingerprint density at radius 3 is 3.29 bits per heavy atom. The molecule has 0 aromatic carbocycles. The van der Waals surface area contributed by atoms with Crippen LogP contribution in [0.2, 0.25) is 0 Å². The molecule has 0 fully saturated rings. The van der Waals surface area contributed by atoms with E-state index in [1.165, 1.54) is 22.5 Å². The number of aromatic nitrogens is 1. The lowest BCUT2D eigenvalue weighted by Crippen LogP contribution is -2.30. The van der Waals surface area contributed by atoms with Crippen molar-refractivity contribution < 1.29 is 9.21 Å². The lowest BCUT2D eigenvalue weighted by molar-refractivity contribution is 0.0937. The van der Waals surface area contributed by atoms with Gasteiger partial charge in [-0.2, -0.15) is 0 Å². The van der Waals surface area contributed by atoms with Crippen LogP contribution in [-0.2, 0) is 6.42 Å². The van der Waals surface area contributed by atoms with Crippen molar-refractivity contribution in [1.82, 2.24) is 10.3 Å². The molecule has 106 valence electrons. The van der Waals surface area contributed by atoms with Gasteiger partial charge in [0, 0.05) is 18.5 Å². The first-order valence-corrected chi connectivity index (χ1v) is 7.83. The van der Waals surface area contributed by atoms with Crippen LogP contribution >= 0.6 is 11.3 Å². The van der Waals surface area contributed by atoms with Crippen LogP contribution in [0.3, 0.4) is 0 Å². The van der Waals surface area contributed by atoms with E-state index in [9.17, 15) is 4.79 Å². The molecule has 4 nitrogen and oxygen atoms in total. The van der Waals surface area contributed by atoms with Crippen molar-refractivity contribution in [3.05, 3.63) is 52.9 Å². The summed E-state index contributed by atoms with van der Waals surface area (Å²) in [6, 6.07) is 5.79. The predicted molar refractivity (Wildman–Crippen MR) is 81.5 cm³/mol. The maximum Gasteiger partial charge on any atom is 0.261 e. The van der Waals surface area contributed by atoms with E-state index in [0.717, 1.165) is 29.5 Å². The summed E-state index contributed by atoms with van der Waals surface area (Å²) in [4.78, 5) is 17.3. The summed E-state index contributed by atoms with van der Waals surface area (Å²) in [5, 5.41) is 3.14. The van der Waals surface area contributed by atoms with Gasteiger partial charge in [-0.05, 0) is 42.5 Å². The van der Waals surface area contributed by atoms with Crippen LogP contribution in [0.5, 0.6) is 0 Å². The van der Waals surface area contributed by atoms with E-state index in [2.05, 4.69) is 10.3 Å². The van der Waals surface area contributed by atoms with Crippen molar-refractivity contribution in [3.8, 4) is 0 Å². The lowest BCUT2D eigenvalue weighted by atomic mass is 9.89. The number of rotatable bonds is 2. The Bertz CT molecular complexity index is 777. The summed E-state index contributed by atoms with van der Waals surface area (Å²) >= 11 is 1.46. The molecule has 1 amide bonds. The minimum absolute atomic E-state index is 0.0268. The molecule has 0 saturated heterocycles. The van der Waals surface area contributed by atoms with Crippen LogP contribution in [0.25, 0.3) is 10.3 Å². The van der Waals surface area contributed by atoms with Gasteiger partial charge in [0.25, 0.3) is 5.91 Å². The Kier molecular flexibility index (Phi) is 3.00. The molecule has 3 aromatic heterocycles. The molecule has 21 heavy (non-hydrogen) atoms. The molecule has 0 bridgehead atoms. The van der Waals surface area contributed by atoms with Gasteiger partial charge in [0.2, 0.25) is 0 Å². The Balaban J connectivity index is 1.59. The zero-order valence-electron chi connectivity index (χ0n) is 11.3. The summed E-state index contributed by atoms with van der Waals surface area (Å²) < 4.78 is 6.32. The first-order valence-electron chi connectivity index (χ1n) is 7.02. The second-order valence-electron chi connectivity index (χ2n) is 5.25.